The fourth-order valence-corrected chi connectivity index (χ4v) is 4.67. The molecule has 7 nitrogen and oxygen atoms in total. The van der Waals surface area contributed by atoms with Gasteiger partial charge < -0.3 is 19.4 Å². The molecule has 2 amide bonds. The van der Waals surface area contributed by atoms with Crippen molar-refractivity contribution in [3.63, 3.8) is 0 Å². The molecule has 2 fully saturated rings. The zero-order valence-electron chi connectivity index (χ0n) is 19.3. The van der Waals surface area contributed by atoms with E-state index in [1.54, 1.807) is 6.20 Å². The van der Waals surface area contributed by atoms with Crippen molar-refractivity contribution in [2.24, 2.45) is 5.92 Å². The minimum atomic E-state index is 0.146. The first kappa shape index (κ1) is 23.1. The summed E-state index contributed by atoms with van der Waals surface area (Å²) in [7, 11) is 0. The van der Waals surface area contributed by atoms with Crippen molar-refractivity contribution >= 4 is 17.6 Å². The van der Waals surface area contributed by atoms with Crippen LogP contribution in [-0.4, -0.2) is 72.5 Å². The number of hydrogen-bond acceptors (Lipinski definition) is 5. The molecule has 0 unspecified atom stereocenters. The highest BCUT2D eigenvalue weighted by Crippen LogP contribution is 2.23. The molecular weight excluding hydrogens is 416 g/mol. The van der Waals surface area contributed by atoms with E-state index in [-0.39, 0.29) is 11.8 Å². The number of carbonyl (C=O) groups is 2. The summed E-state index contributed by atoms with van der Waals surface area (Å²) >= 11 is 0. The lowest BCUT2D eigenvalue weighted by molar-refractivity contribution is -0.133. The molecule has 1 atom stereocenters. The molecule has 4 rings (SSSR count). The standard InChI is InChI=1S/C26H34N4O3/c31-25(29-18-16-28(17-19-29)24-10-4-5-14-27-24)12-11-22-7-6-15-30(21-22)26(32)13-20-33-23-8-2-1-3-9-23/h1-5,8-10,14,22H,6-7,11-13,15-21H2/t22-/m0/s1. The van der Waals surface area contributed by atoms with Gasteiger partial charge in [-0.15, -0.1) is 0 Å². The van der Waals surface area contributed by atoms with Gasteiger partial charge in [0.05, 0.1) is 13.0 Å². The summed E-state index contributed by atoms with van der Waals surface area (Å²) in [6.45, 7) is 5.08. The Hall–Kier alpha value is -3.09. The molecule has 0 aliphatic carbocycles. The molecule has 1 aromatic heterocycles. The van der Waals surface area contributed by atoms with Crippen LogP contribution in [0.2, 0.25) is 0 Å². The largest absolute Gasteiger partial charge is 0.493 e. The Morgan fingerprint density at radius 2 is 1.64 bits per heavy atom. The Kier molecular flexibility index (Phi) is 8.17. The number of ether oxygens (including phenoxy) is 1. The predicted octanol–water partition coefficient (Wildman–Crippen LogP) is 3.22. The highest BCUT2D eigenvalue weighted by atomic mass is 16.5. The number of likely N-dealkylation sites (tertiary alicyclic amines) is 1. The average molecular weight is 451 g/mol. The third-order valence-electron chi connectivity index (χ3n) is 6.57. The fraction of sp³-hybridized carbons (Fsp3) is 0.500. The van der Waals surface area contributed by atoms with Crippen LogP contribution in [0.15, 0.2) is 54.7 Å². The highest BCUT2D eigenvalue weighted by molar-refractivity contribution is 5.77. The summed E-state index contributed by atoms with van der Waals surface area (Å²) in [5, 5.41) is 0. The molecule has 0 bridgehead atoms. The first-order valence-corrected chi connectivity index (χ1v) is 12.1. The topological polar surface area (TPSA) is 66.0 Å². The first-order chi connectivity index (χ1) is 16.2. The Morgan fingerprint density at radius 3 is 2.39 bits per heavy atom. The molecule has 7 heteroatoms. The molecule has 0 saturated carbocycles. The highest BCUT2D eigenvalue weighted by Gasteiger charge is 2.26. The van der Waals surface area contributed by atoms with Gasteiger partial charge in [-0.1, -0.05) is 24.3 Å². The van der Waals surface area contributed by atoms with Crippen molar-refractivity contribution < 1.29 is 14.3 Å². The van der Waals surface area contributed by atoms with Gasteiger partial charge in [-0.25, -0.2) is 4.98 Å². The number of anilines is 1. The second-order valence-electron chi connectivity index (χ2n) is 8.85. The maximum absolute atomic E-state index is 12.8. The Labute approximate surface area is 196 Å². The molecule has 3 heterocycles. The van der Waals surface area contributed by atoms with Gasteiger partial charge in [-0.05, 0) is 49.4 Å². The Bertz CT molecular complexity index is 885. The zero-order chi connectivity index (χ0) is 22.9. The van der Waals surface area contributed by atoms with Crippen molar-refractivity contribution in [1.29, 1.82) is 0 Å². The van der Waals surface area contributed by atoms with E-state index in [1.807, 2.05) is 58.3 Å². The van der Waals surface area contributed by atoms with Crippen LogP contribution in [-0.2, 0) is 9.59 Å². The third-order valence-corrected chi connectivity index (χ3v) is 6.57. The maximum atomic E-state index is 12.8. The van der Waals surface area contributed by atoms with Crippen molar-refractivity contribution in [3.8, 4) is 5.75 Å². The van der Waals surface area contributed by atoms with Crippen molar-refractivity contribution in [2.45, 2.75) is 32.1 Å². The summed E-state index contributed by atoms with van der Waals surface area (Å²) in [6.07, 6.45) is 5.71. The number of aromatic nitrogens is 1. The number of piperazine rings is 1. The minimum absolute atomic E-state index is 0.146. The van der Waals surface area contributed by atoms with Gasteiger partial charge in [0.25, 0.3) is 0 Å². The number of carbonyl (C=O) groups excluding carboxylic acids is 2. The normalized spacial score (nSPS) is 18.8. The summed E-state index contributed by atoms with van der Waals surface area (Å²) in [4.78, 5) is 36.0. The number of pyridine rings is 1. The van der Waals surface area contributed by atoms with E-state index >= 15 is 0 Å². The van der Waals surface area contributed by atoms with Crippen molar-refractivity contribution in [2.75, 3.05) is 50.8 Å². The number of amides is 2. The quantitative estimate of drug-likeness (QED) is 0.618. The molecular formula is C26H34N4O3. The van der Waals surface area contributed by atoms with Crippen molar-refractivity contribution in [1.82, 2.24) is 14.8 Å². The molecule has 176 valence electrons. The molecule has 1 aromatic carbocycles. The molecule has 0 radical (unpaired) electrons. The monoisotopic (exact) mass is 450 g/mol. The smallest absolute Gasteiger partial charge is 0.226 e. The molecule has 2 aliphatic rings. The molecule has 2 saturated heterocycles. The van der Waals surface area contributed by atoms with E-state index in [1.165, 1.54) is 0 Å². The van der Waals surface area contributed by atoms with Gasteiger partial charge in [0.15, 0.2) is 0 Å². The average Bonchev–Trinajstić information content (AvgIpc) is 2.88. The van der Waals surface area contributed by atoms with Crippen LogP contribution in [0.5, 0.6) is 5.75 Å². The molecule has 2 aromatic rings. The van der Waals surface area contributed by atoms with E-state index < -0.39 is 0 Å². The van der Waals surface area contributed by atoms with Crippen LogP contribution in [0.3, 0.4) is 0 Å². The molecule has 33 heavy (non-hydrogen) atoms. The second kappa shape index (κ2) is 11.7. The van der Waals surface area contributed by atoms with Gasteiger partial charge in [0, 0.05) is 51.9 Å². The minimum Gasteiger partial charge on any atom is -0.493 e. The number of nitrogens with zero attached hydrogens (tertiary/aromatic N) is 4. The number of hydrogen-bond donors (Lipinski definition) is 0. The summed E-state index contributed by atoms with van der Waals surface area (Å²) < 4.78 is 5.67. The first-order valence-electron chi connectivity index (χ1n) is 12.1. The number of benzene rings is 1. The molecule has 0 N–H and O–H groups in total. The van der Waals surface area contributed by atoms with E-state index in [2.05, 4.69) is 9.88 Å². The Morgan fingerprint density at radius 1 is 0.879 bits per heavy atom. The van der Waals surface area contributed by atoms with Crippen LogP contribution >= 0.6 is 0 Å². The SMILES string of the molecule is O=C(CC[C@@H]1CCCN(C(=O)CCOc2ccccc2)C1)N1CCN(c2ccccn2)CC1. The number of rotatable bonds is 8. The molecule has 2 aliphatic heterocycles. The van der Waals surface area contributed by atoms with Gasteiger partial charge in [-0.2, -0.15) is 0 Å². The number of piperidine rings is 1. The predicted molar refractivity (Wildman–Crippen MR) is 128 cm³/mol. The van der Waals surface area contributed by atoms with E-state index in [9.17, 15) is 9.59 Å². The number of para-hydroxylation sites is 1. The van der Waals surface area contributed by atoms with Crippen LogP contribution in [0, 0.1) is 5.92 Å². The van der Waals surface area contributed by atoms with Crippen LogP contribution in [0.4, 0.5) is 5.82 Å². The maximum Gasteiger partial charge on any atom is 0.226 e. The fourth-order valence-electron chi connectivity index (χ4n) is 4.67. The lowest BCUT2D eigenvalue weighted by Gasteiger charge is -2.36. The third kappa shape index (κ3) is 6.70. The lowest BCUT2D eigenvalue weighted by atomic mass is 9.93. The zero-order valence-corrected chi connectivity index (χ0v) is 19.3. The van der Waals surface area contributed by atoms with Gasteiger partial charge in [0.2, 0.25) is 11.8 Å². The van der Waals surface area contributed by atoms with Crippen LogP contribution < -0.4 is 9.64 Å². The molecule has 0 spiro atoms. The second-order valence-corrected chi connectivity index (χ2v) is 8.85. The van der Waals surface area contributed by atoms with Gasteiger partial charge in [0.1, 0.15) is 11.6 Å². The van der Waals surface area contributed by atoms with Crippen LogP contribution in [0.25, 0.3) is 0 Å². The summed E-state index contributed by atoms with van der Waals surface area (Å²) in [5.74, 6) is 2.55. The van der Waals surface area contributed by atoms with Crippen molar-refractivity contribution in [3.05, 3.63) is 54.7 Å². The summed E-state index contributed by atoms with van der Waals surface area (Å²) in [6, 6.07) is 15.5. The Balaban J connectivity index is 1.15. The van der Waals surface area contributed by atoms with Gasteiger partial charge >= 0.3 is 0 Å². The van der Waals surface area contributed by atoms with Crippen LogP contribution in [0.1, 0.15) is 32.1 Å². The van der Waals surface area contributed by atoms with E-state index in [0.717, 1.165) is 70.1 Å². The van der Waals surface area contributed by atoms with Gasteiger partial charge in [-0.3, -0.25) is 9.59 Å². The lowest BCUT2D eigenvalue weighted by Crippen LogP contribution is -2.49. The summed E-state index contributed by atoms with van der Waals surface area (Å²) in [5.41, 5.74) is 0. The van der Waals surface area contributed by atoms with E-state index in [4.69, 9.17) is 4.74 Å². The van der Waals surface area contributed by atoms with E-state index in [0.29, 0.717) is 25.4 Å².